The van der Waals surface area contributed by atoms with Crippen molar-refractivity contribution in [3.05, 3.63) is 41.5 Å². The molecule has 1 aromatic carbocycles. The molecule has 1 aliphatic carbocycles. The van der Waals surface area contributed by atoms with Crippen LogP contribution in [0, 0.1) is 5.92 Å². The van der Waals surface area contributed by atoms with Crippen LogP contribution in [-0.4, -0.2) is 48.5 Å². The maximum Gasteiger partial charge on any atom is 0.250 e. The summed E-state index contributed by atoms with van der Waals surface area (Å²) in [6.45, 7) is 3.88. The number of carbonyl (C=O) groups excluding carboxylic acids is 1. The number of hydrogen-bond acceptors (Lipinski definition) is 3. The summed E-state index contributed by atoms with van der Waals surface area (Å²) < 4.78 is 5.32. The van der Waals surface area contributed by atoms with E-state index in [-0.39, 0.29) is 5.91 Å². The van der Waals surface area contributed by atoms with Crippen molar-refractivity contribution >= 4 is 5.91 Å². The molecule has 0 radical (unpaired) electrons. The maximum atomic E-state index is 13.2. The molecule has 0 spiro atoms. The average Bonchev–Trinajstić information content (AvgIpc) is 3.45. The van der Waals surface area contributed by atoms with Gasteiger partial charge in [-0.25, -0.2) is 0 Å². The van der Waals surface area contributed by atoms with Crippen molar-refractivity contribution < 1.29 is 9.53 Å². The standard InChI is InChI=1S/C20H26N2O2/c1-24-18-6-2-4-15(12-18)13-22(17-7-8-17)20(23)19-9-11-21-10-3-5-16(19)14-21/h2,4,6,9,12,16-17H,3,5,7-8,10-11,13-14H2,1H3. The summed E-state index contributed by atoms with van der Waals surface area (Å²) in [5.41, 5.74) is 2.22. The molecule has 3 aliphatic rings. The number of benzene rings is 1. The first-order chi connectivity index (χ1) is 11.7. The van der Waals surface area contributed by atoms with Gasteiger partial charge < -0.3 is 9.64 Å². The van der Waals surface area contributed by atoms with Crippen molar-refractivity contribution in [2.75, 3.05) is 26.7 Å². The number of methoxy groups -OCH3 is 1. The molecule has 24 heavy (non-hydrogen) atoms. The van der Waals surface area contributed by atoms with E-state index < -0.39 is 0 Å². The minimum Gasteiger partial charge on any atom is -0.497 e. The van der Waals surface area contributed by atoms with Crippen LogP contribution in [0.4, 0.5) is 0 Å². The van der Waals surface area contributed by atoms with Gasteiger partial charge in [0.05, 0.1) is 7.11 Å². The van der Waals surface area contributed by atoms with E-state index in [2.05, 4.69) is 21.9 Å². The quantitative estimate of drug-likeness (QED) is 0.834. The molecule has 2 fully saturated rings. The lowest BCUT2D eigenvalue weighted by molar-refractivity contribution is -0.129. The predicted molar refractivity (Wildman–Crippen MR) is 93.8 cm³/mol. The third-order valence-corrected chi connectivity index (χ3v) is 5.50. The predicted octanol–water partition coefficient (Wildman–Crippen LogP) is 2.84. The molecular formula is C20H26N2O2. The third-order valence-electron chi connectivity index (χ3n) is 5.50. The first-order valence-corrected chi connectivity index (χ1v) is 9.11. The van der Waals surface area contributed by atoms with E-state index in [1.165, 1.54) is 13.0 Å². The van der Waals surface area contributed by atoms with Crippen LogP contribution in [0.2, 0.25) is 0 Å². The zero-order valence-electron chi connectivity index (χ0n) is 14.4. The number of nitrogens with zero attached hydrogens (tertiary/aromatic N) is 2. The number of rotatable bonds is 5. The maximum absolute atomic E-state index is 13.2. The van der Waals surface area contributed by atoms with Gasteiger partial charge in [0, 0.05) is 37.2 Å². The molecule has 1 aromatic rings. The van der Waals surface area contributed by atoms with Gasteiger partial charge in [-0.2, -0.15) is 0 Å². The normalized spacial score (nSPS) is 25.8. The van der Waals surface area contributed by atoms with Crippen molar-refractivity contribution in [1.82, 2.24) is 9.80 Å². The van der Waals surface area contributed by atoms with Gasteiger partial charge in [0.15, 0.2) is 0 Å². The SMILES string of the molecule is COc1cccc(CN(C(=O)C2=CCN3CCCC2C3)C2CC2)c1. The van der Waals surface area contributed by atoms with Crippen LogP contribution < -0.4 is 4.74 Å². The monoisotopic (exact) mass is 326 g/mol. The number of piperidine rings is 1. The molecule has 4 rings (SSSR count). The second kappa shape index (κ2) is 6.60. The topological polar surface area (TPSA) is 32.8 Å². The second-order valence-electron chi connectivity index (χ2n) is 7.27. The summed E-state index contributed by atoms with van der Waals surface area (Å²) >= 11 is 0. The fourth-order valence-electron chi connectivity index (χ4n) is 4.02. The van der Waals surface area contributed by atoms with Crippen LogP contribution in [0.1, 0.15) is 31.2 Å². The minimum atomic E-state index is 0.270. The molecule has 2 aliphatic heterocycles. The van der Waals surface area contributed by atoms with Crippen molar-refractivity contribution in [2.45, 2.75) is 38.3 Å². The Balaban J connectivity index is 1.53. The van der Waals surface area contributed by atoms with Gasteiger partial charge in [-0.3, -0.25) is 9.69 Å². The second-order valence-corrected chi connectivity index (χ2v) is 7.27. The molecular weight excluding hydrogens is 300 g/mol. The largest absolute Gasteiger partial charge is 0.497 e. The van der Waals surface area contributed by atoms with Gasteiger partial charge >= 0.3 is 0 Å². The summed E-state index contributed by atoms with van der Waals surface area (Å²) in [6.07, 6.45) is 6.84. The molecule has 2 atom stereocenters. The first kappa shape index (κ1) is 15.7. The Labute approximate surface area is 144 Å². The molecule has 1 saturated carbocycles. The summed E-state index contributed by atoms with van der Waals surface area (Å²) in [5, 5.41) is 0. The Morgan fingerprint density at radius 3 is 3.00 bits per heavy atom. The van der Waals surface area contributed by atoms with E-state index in [4.69, 9.17) is 4.74 Å². The van der Waals surface area contributed by atoms with Crippen LogP contribution >= 0.6 is 0 Å². The summed E-state index contributed by atoms with van der Waals surface area (Å²) in [6, 6.07) is 8.50. The zero-order valence-corrected chi connectivity index (χ0v) is 14.4. The molecule has 4 heteroatoms. The third kappa shape index (κ3) is 3.20. The van der Waals surface area contributed by atoms with Crippen LogP contribution in [0.25, 0.3) is 0 Å². The van der Waals surface area contributed by atoms with Crippen LogP contribution in [0.5, 0.6) is 5.75 Å². The van der Waals surface area contributed by atoms with Crippen molar-refractivity contribution in [3.63, 3.8) is 0 Å². The smallest absolute Gasteiger partial charge is 0.250 e. The van der Waals surface area contributed by atoms with E-state index in [0.717, 1.165) is 49.2 Å². The Bertz CT molecular complexity index is 651. The summed E-state index contributed by atoms with van der Waals surface area (Å²) in [4.78, 5) is 17.8. The highest BCUT2D eigenvalue weighted by atomic mass is 16.5. The van der Waals surface area contributed by atoms with E-state index in [1.807, 2.05) is 18.2 Å². The Kier molecular flexibility index (Phi) is 4.31. The fraction of sp³-hybridized carbons (Fsp3) is 0.550. The number of ether oxygens (including phenoxy) is 1. The van der Waals surface area contributed by atoms with Crippen LogP contribution in [0.15, 0.2) is 35.9 Å². The van der Waals surface area contributed by atoms with Crippen molar-refractivity contribution in [2.24, 2.45) is 5.92 Å². The van der Waals surface area contributed by atoms with E-state index in [1.54, 1.807) is 7.11 Å². The summed E-state index contributed by atoms with van der Waals surface area (Å²) in [5.74, 6) is 1.56. The van der Waals surface area contributed by atoms with Gasteiger partial charge in [-0.15, -0.1) is 0 Å². The van der Waals surface area contributed by atoms with E-state index in [9.17, 15) is 4.79 Å². The number of fused-ring (bicyclic) bond motifs is 2. The molecule has 2 bridgehead atoms. The van der Waals surface area contributed by atoms with E-state index >= 15 is 0 Å². The first-order valence-electron chi connectivity index (χ1n) is 9.11. The molecule has 4 nitrogen and oxygen atoms in total. The van der Waals surface area contributed by atoms with E-state index in [0.29, 0.717) is 18.5 Å². The Morgan fingerprint density at radius 2 is 2.21 bits per heavy atom. The molecule has 1 saturated heterocycles. The molecule has 0 N–H and O–H groups in total. The average molecular weight is 326 g/mol. The molecule has 1 amide bonds. The van der Waals surface area contributed by atoms with Crippen molar-refractivity contribution in [1.29, 1.82) is 0 Å². The minimum absolute atomic E-state index is 0.270. The van der Waals surface area contributed by atoms with Gasteiger partial charge in [0.25, 0.3) is 0 Å². The Hall–Kier alpha value is -1.81. The highest BCUT2D eigenvalue weighted by Gasteiger charge is 2.37. The lowest BCUT2D eigenvalue weighted by Crippen LogP contribution is -2.44. The lowest BCUT2D eigenvalue weighted by Gasteiger charge is -2.38. The van der Waals surface area contributed by atoms with Crippen LogP contribution in [0.3, 0.4) is 0 Å². The number of hydrogen-bond donors (Lipinski definition) is 0. The Morgan fingerprint density at radius 1 is 1.33 bits per heavy atom. The zero-order chi connectivity index (χ0) is 16.5. The van der Waals surface area contributed by atoms with Gasteiger partial charge in [0.1, 0.15) is 5.75 Å². The molecule has 2 heterocycles. The van der Waals surface area contributed by atoms with Crippen molar-refractivity contribution in [3.8, 4) is 5.75 Å². The van der Waals surface area contributed by atoms with Crippen LogP contribution in [-0.2, 0) is 11.3 Å². The van der Waals surface area contributed by atoms with Gasteiger partial charge in [-0.1, -0.05) is 18.2 Å². The number of carbonyl (C=O) groups is 1. The fourth-order valence-corrected chi connectivity index (χ4v) is 4.02. The summed E-state index contributed by atoms with van der Waals surface area (Å²) in [7, 11) is 1.69. The van der Waals surface area contributed by atoms with Gasteiger partial charge in [0.2, 0.25) is 5.91 Å². The highest BCUT2D eigenvalue weighted by molar-refractivity contribution is 5.94. The highest BCUT2D eigenvalue weighted by Crippen LogP contribution is 2.34. The molecule has 0 aromatic heterocycles. The lowest BCUT2D eigenvalue weighted by atomic mass is 9.86. The number of amides is 1. The van der Waals surface area contributed by atoms with Gasteiger partial charge in [-0.05, 0) is 49.9 Å². The molecule has 128 valence electrons. The molecule has 2 unspecified atom stereocenters.